The summed E-state index contributed by atoms with van der Waals surface area (Å²) < 4.78 is 15.9. The minimum Gasteiger partial charge on any atom is -0.497 e. The molecule has 2 rings (SSSR count). The molecule has 0 heterocycles. The van der Waals surface area contributed by atoms with E-state index >= 15 is 0 Å². The number of rotatable bonds is 13. The Kier molecular flexibility index (Phi) is 10.1. The highest BCUT2D eigenvalue weighted by Gasteiger charge is 2.27. The first kappa shape index (κ1) is 26.4. The minimum atomic E-state index is -0.745. The van der Waals surface area contributed by atoms with Crippen molar-refractivity contribution in [2.75, 3.05) is 27.4 Å². The van der Waals surface area contributed by atoms with Gasteiger partial charge in [-0.05, 0) is 37.1 Å². The third-order valence-corrected chi connectivity index (χ3v) is 5.19. The van der Waals surface area contributed by atoms with Crippen molar-refractivity contribution in [3.05, 3.63) is 58.1 Å². The number of amides is 2. The van der Waals surface area contributed by atoms with Gasteiger partial charge in [0, 0.05) is 25.2 Å². The molecule has 34 heavy (non-hydrogen) atoms. The lowest BCUT2D eigenvalue weighted by atomic mass is 10.1. The van der Waals surface area contributed by atoms with E-state index in [0.29, 0.717) is 12.3 Å². The second-order valence-electron chi connectivity index (χ2n) is 7.57. The standard InChI is InChI=1S/C24H31N3O7/c1-5-6-12-25-24(29)17(2)26(15-18-8-7-9-19(13-18)32-3)23(28)16-34-20-10-11-21(27(30)31)22(14-20)33-4/h7-11,13-14,17H,5-6,12,15-16H2,1-4H3,(H,25,29)/t17-/m0/s1. The van der Waals surface area contributed by atoms with Crippen molar-refractivity contribution in [3.8, 4) is 17.2 Å². The molecule has 1 N–H and O–H groups in total. The number of nitrogens with one attached hydrogen (secondary N) is 1. The molecule has 0 spiro atoms. The molecule has 1 atom stereocenters. The molecule has 0 aromatic heterocycles. The molecule has 0 bridgehead atoms. The van der Waals surface area contributed by atoms with Crippen molar-refractivity contribution in [1.82, 2.24) is 10.2 Å². The number of methoxy groups -OCH3 is 2. The van der Waals surface area contributed by atoms with Crippen LogP contribution in [0.3, 0.4) is 0 Å². The van der Waals surface area contributed by atoms with Crippen molar-refractivity contribution < 1.29 is 28.7 Å². The van der Waals surface area contributed by atoms with Gasteiger partial charge in [0.1, 0.15) is 17.5 Å². The van der Waals surface area contributed by atoms with Gasteiger partial charge in [0.05, 0.1) is 19.1 Å². The van der Waals surface area contributed by atoms with Crippen LogP contribution in [0.25, 0.3) is 0 Å². The predicted molar refractivity (Wildman–Crippen MR) is 126 cm³/mol. The Morgan fingerprint density at radius 2 is 1.88 bits per heavy atom. The average Bonchev–Trinajstić information content (AvgIpc) is 2.85. The molecule has 2 aromatic rings. The SMILES string of the molecule is CCCCNC(=O)[C@H](C)N(Cc1cccc(OC)c1)C(=O)COc1ccc([N+](=O)[O-])c(OC)c1. The summed E-state index contributed by atoms with van der Waals surface area (Å²) in [7, 11) is 2.87. The van der Waals surface area contributed by atoms with Gasteiger partial charge in [0.25, 0.3) is 5.91 Å². The first-order chi connectivity index (χ1) is 16.3. The monoisotopic (exact) mass is 473 g/mol. The van der Waals surface area contributed by atoms with Crippen LogP contribution in [0, 0.1) is 10.1 Å². The number of carbonyl (C=O) groups is 2. The number of hydrogen-bond donors (Lipinski definition) is 1. The van der Waals surface area contributed by atoms with Crippen LogP contribution >= 0.6 is 0 Å². The predicted octanol–water partition coefficient (Wildman–Crippen LogP) is 3.32. The number of hydrogen-bond acceptors (Lipinski definition) is 7. The average molecular weight is 474 g/mol. The Morgan fingerprint density at radius 3 is 2.53 bits per heavy atom. The molecule has 10 nitrogen and oxygen atoms in total. The van der Waals surface area contributed by atoms with Crippen LogP contribution in [0.2, 0.25) is 0 Å². The Morgan fingerprint density at radius 1 is 1.12 bits per heavy atom. The Hall–Kier alpha value is -3.82. The second-order valence-corrected chi connectivity index (χ2v) is 7.57. The molecule has 2 amide bonds. The van der Waals surface area contributed by atoms with Crippen LogP contribution in [0.5, 0.6) is 17.2 Å². The van der Waals surface area contributed by atoms with Gasteiger partial charge in [-0.25, -0.2) is 0 Å². The van der Waals surface area contributed by atoms with Gasteiger partial charge in [0.2, 0.25) is 11.7 Å². The summed E-state index contributed by atoms with van der Waals surface area (Å²) in [6.45, 7) is 4.02. The molecule has 0 aliphatic rings. The fraction of sp³-hybridized carbons (Fsp3) is 0.417. The topological polar surface area (TPSA) is 120 Å². The smallest absolute Gasteiger partial charge is 0.311 e. The maximum absolute atomic E-state index is 13.1. The van der Waals surface area contributed by atoms with E-state index in [1.54, 1.807) is 26.2 Å². The van der Waals surface area contributed by atoms with Gasteiger partial charge in [0.15, 0.2) is 6.61 Å². The van der Waals surface area contributed by atoms with Crippen LogP contribution in [0.1, 0.15) is 32.3 Å². The largest absolute Gasteiger partial charge is 0.497 e. The molecular formula is C24H31N3O7. The van der Waals surface area contributed by atoms with E-state index in [4.69, 9.17) is 14.2 Å². The number of nitro groups is 1. The van der Waals surface area contributed by atoms with Crippen LogP contribution in [0.15, 0.2) is 42.5 Å². The van der Waals surface area contributed by atoms with E-state index < -0.39 is 16.9 Å². The van der Waals surface area contributed by atoms with Gasteiger partial charge in [-0.3, -0.25) is 19.7 Å². The van der Waals surface area contributed by atoms with Crippen molar-refractivity contribution in [3.63, 3.8) is 0 Å². The quantitative estimate of drug-likeness (QED) is 0.269. The zero-order chi connectivity index (χ0) is 25.1. The summed E-state index contributed by atoms with van der Waals surface area (Å²) >= 11 is 0. The summed E-state index contributed by atoms with van der Waals surface area (Å²) in [5.74, 6) is 0.211. The van der Waals surface area contributed by atoms with E-state index in [-0.39, 0.29) is 36.2 Å². The number of ether oxygens (including phenoxy) is 3. The third kappa shape index (κ3) is 7.36. The maximum atomic E-state index is 13.1. The molecule has 184 valence electrons. The van der Waals surface area contributed by atoms with Crippen LogP contribution in [-0.4, -0.2) is 55.1 Å². The fourth-order valence-electron chi connectivity index (χ4n) is 3.21. The van der Waals surface area contributed by atoms with Gasteiger partial charge in [-0.15, -0.1) is 0 Å². The number of nitrogens with zero attached hydrogens (tertiary/aromatic N) is 2. The zero-order valence-corrected chi connectivity index (χ0v) is 19.9. The fourth-order valence-corrected chi connectivity index (χ4v) is 3.21. The van der Waals surface area contributed by atoms with Crippen molar-refractivity contribution in [2.45, 2.75) is 39.3 Å². The summed E-state index contributed by atoms with van der Waals surface area (Å²) in [5, 5.41) is 13.9. The molecule has 0 aliphatic heterocycles. The van der Waals surface area contributed by atoms with Gasteiger partial charge < -0.3 is 24.4 Å². The summed E-state index contributed by atoms with van der Waals surface area (Å²) in [5.41, 5.74) is 0.580. The molecule has 2 aromatic carbocycles. The molecule has 10 heteroatoms. The lowest BCUT2D eigenvalue weighted by Crippen LogP contribution is -2.49. The van der Waals surface area contributed by atoms with E-state index in [0.717, 1.165) is 18.4 Å². The lowest BCUT2D eigenvalue weighted by molar-refractivity contribution is -0.385. The molecule has 0 fully saturated rings. The van der Waals surface area contributed by atoms with E-state index in [1.807, 2.05) is 19.1 Å². The summed E-state index contributed by atoms with van der Waals surface area (Å²) in [6.07, 6.45) is 1.78. The molecule has 0 aliphatic carbocycles. The van der Waals surface area contributed by atoms with Crippen molar-refractivity contribution >= 4 is 17.5 Å². The first-order valence-electron chi connectivity index (χ1n) is 11.0. The highest BCUT2D eigenvalue weighted by atomic mass is 16.6. The van der Waals surface area contributed by atoms with E-state index in [9.17, 15) is 19.7 Å². The maximum Gasteiger partial charge on any atom is 0.311 e. The molecular weight excluding hydrogens is 442 g/mol. The normalized spacial score (nSPS) is 11.3. The highest BCUT2D eigenvalue weighted by Crippen LogP contribution is 2.30. The number of unbranched alkanes of at least 4 members (excludes halogenated alkanes) is 1. The van der Waals surface area contributed by atoms with Gasteiger partial charge >= 0.3 is 5.69 Å². The zero-order valence-electron chi connectivity index (χ0n) is 19.9. The second kappa shape index (κ2) is 13.0. The Balaban J connectivity index is 2.18. The minimum absolute atomic E-state index is 0.0202. The Bertz CT molecular complexity index is 996. The first-order valence-corrected chi connectivity index (χ1v) is 11.0. The van der Waals surface area contributed by atoms with E-state index in [1.165, 1.54) is 30.2 Å². The molecule has 0 radical (unpaired) electrons. The molecule has 0 saturated heterocycles. The van der Waals surface area contributed by atoms with Crippen molar-refractivity contribution in [1.29, 1.82) is 0 Å². The lowest BCUT2D eigenvalue weighted by Gasteiger charge is -2.29. The van der Waals surface area contributed by atoms with Crippen LogP contribution in [-0.2, 0) is 16.1 Å². The number of nitro benzene ring substituents is 1. The van der Waals surface area contributed by atoms with Gasteiger partial charge in [-0.1, -0.05) is 25.5 Å². The van der Waals surface area contributed by atoms with Crippen molar-refractivity contribution in [2.24, 2.45) is 0 Å². The Labute approximate surface area is 198 Å². The highest BCUT2D eigenvalue weighted by molar-refractivity contribution is 5.88. The van der Waals surface area contributed by atoms with Gasteiger partial charge in [-0.2, -0.15) is 0 Å². The van der Waals surface area contributed by atoms with E-state index in [2.05, 4.69) is 5.32 Å². The molecule has 0 saturated carbocycles. The summed E-state index contributed by atoms with van der Waals surface area (Å²) in [6, 6.07) is 10.5. The van der Waals surface area contributed by atoms with Crippen LogP contribution in [0.4, 0.5) is 5.69 Å². The number of carbonyl (C=O) groups excluding carboxylic acids is 2. The summed E-state index contributed by atoms with van der Waals surface area (Å²) in [4.78, 5) is 37.8. The van der Waals surface area contributed by atoms with Crippen LogP contribution < -0.4 is 19.5 Å². The number of benzene rings is 2. The third-order valence-electron chi connectivity index (χ3n) is 5.19. The molecule has 0 unspecified atom stereocenters.